The van der Waals surface area contributed by atoms with Crippen LogP contribution in [0.4, 0.5) is 0 Å². The summed E-state index contributed by atoms with van der Waals surface area (Å²) in [7, 11) is 0. The summed E-state index contributed by atoms with van der Waals surface area (Å²) in [4.78, 5) is 0. The van der Waals surface area contributed by atoms with Crippen LogP contribution in [0.25, 0.3) is 0 Å². The number of hydrogen-bond donors (Lipinski definition) is 0. The molecular weight excluding hydrogens is 180 g/mol. The minimum absolute atomic E-state index is 0.668. The van der Waals surface area contributed by atoms with E-state index in [-0.39, 0.29) is 0 Å². The highest BCUT2D eigenvalue weighted by atomic mass is 16.3. The first kappa shape index (κ1) is 8.50. The summed E-state index contributed by atoms with van der Waals surface area (Å²) in [6.45, 7) is 0. The molecule has 70 valence electrons. The summed E-state index contributed by atoms with van der Waals surface area (Å²) in [5.41, 5.74) is 0. The second-order valence-electron chi connectivity index (χ2n) is 2.52. The number of nitrogens with zero attached hydrogens (tertiary/aromatic N) is 2. The quantitative estimate of drug-likeness (QED) is 0.548. The average Bonchev–Trinajstić information content (AvgIpc) is 2.86. The molecule has 0 saturated carbocycles. The van der Waals surface area contributed by atoms with Crippen molar-refractivity contribution in [2.24, 2.45) is 10.2 Å². The fraction of sp³-hybridized carbons (Fsp3) is 0. The van der Waals surface area contributed by atoms with Crippen molar-refractivity contribution in [3.8, 4) is 0 Å². The van der Waals surface area contributed by atoms with Crippen LogP contribution in [0.15, 0.2) is 55.8 Å². The molecule has 0 bridgehead atoms. The molecule has 2 rings (SSSR count). The van der Waals surface area contributed by atoms with Crippen LogP contribution < -0.4 is 0 Å². The van der Waals surface area contributed by atoms with Crippen LogP contribution in [0.3, 0.4) is 0 Å². The molecule has 0 aromatic carbocycles. The number of hydrogen-bond acceptors (Lipinski definition) is 4. The van der Waals surface area contributed by atoms with Crippen LogP contribution in [0, 0.1) is 0 Å². The highest BCUT2D eigenvalue weighted by molar-refractivity contribution is 5.78. The van der Waals surface area contributed by atoms with E-state index in [4.69, 9.17) is 8.83 Å². The van der Waals surface area contributed by atoms with Crippen LogP contribution >= 0.6 is 0 Å². The third kappa shape index (κ3) is 2.20. The zero-order valence-electron chi connectivity index (χ0n) is 7.33. The van der Waals surface area contributed by atoms with Gasteiger partial charge in [0.25, 0.3) is 0 Å². The van der Waals surface area contributed by atoms with Gasteiger partial charge >= 0.3 is 0 Å². The van der Waals surface area contributed by atoms with E-state index in [0.717, 1.165) is 0 Å². The fourth-order valence-corrected chi connectivity index (χ4v) is 0.910. The second kappa shape index (κ2) is 4.23. The first-order valence-electron chi connectivity index (χ1n) is 4.08. The van der Waals surface area contributed by atoms with Gasteiger partial charge in [-0.1, -0.05) is 0 Å². The molecule has 2 aromatic heterocycles. The maximum absolute atomic E-state index is 5.02. The summed E-state index contributed by atoms with van der Waals surface area (Å²) >= 11 is 0. The van der Waals surface area contributed by atoms with Crippen molar-refractivity contribution in [2.45, 2.75) is 0 Å². The lowest BCUT2D eigenvalue weighted by Crippen LogP contribution is -1.74. The SMILES string of the molecule is C(=N/N=C\c1ccco1)/c1ccco1. The molecule has 0 saturated heterocycles. The van der Waals surface area contributed by atoms with Gasteiger partial charge < -0.3 is 8.83 Å². The normalized spacial score (nSPS) is 11.7. The van der Waals surface area contributed by atoms with E-state index < -0.39 is 0 Å². The first-order chi connectivity index (χ1) is 6.95. The molecule has 0 radical (unpaired) electrons. The molecule has 2 heterocycles. The van der Waals surface area contributed by atoms with Gasteiger partial charge in [0.15, 0.2) is 0 Å². The van der Waals surface area contributed by atoms with E-state index in [0.29, 0.717) is 11.5 Å². The summed E-state index contributed by atoms with van der Waals surface area (Å²) in [6, 6.07) is 7.17. The lowest BCUT2D eigenvalue weighted by molar-refractivity contribution is 0.559. The molecule has 0 N–H and O–H groups in total. The van der Waals surface area contributed by atoms with Crippen molar-refractivity contribution in [2.75, 3.05) is 0 Å². The third-order valence-electron chi connectivity index (χ3n) is 1.52. The maximum atomic E-state index is 5.02. The van der Waals surface area contributed by atoms with E-state index in [1.54, 1.807) is 36.8 Å². The van der Waals surface area contributed by atoms with Crippen LogP contribution in [-0.4, -0.2) is 12.4 Å². The van der Waals surface area contributed by atoms with Crippen molar-refractivity contribution in [3.05, 3.63) is 48.3 Å². The van der Waals surface area contributed by atoms with Gasteiger partial charge in [0, 0.05) is 0 Å². The van der Waals surface area contributed by atoms with Crippen LogP contribution in [-0.2, 0) is 0 Å². The van der Waals surface area contributed by atoms with Gasteiger partial charge in [-0.3, -0.25) is 0 Å². The Morgan fingerprint density at radius 2 is 1.36 bits per heavy atom. The van der Waals surface area contributed by atoms with E-state index in [9.17, 15) is 0 Å². The molecule has 0 amide bonds. The van der Waals surface area contributed by atoms with E-state index in [1.165, 1.54) is 12.4 Å². The molecule has 2 aromatic rings. The molecule has 4 heteroatoms. The minimum atomic E-state index is 0.668. The number of rotatable bonds is 3. The van der Waals surface area contributed by atoms with Crippen molar-refractivity contribution in [1.29, 1.82) is 0 Å². The minimum Gasteiger partial charge on any atom is -0.463 e. The molecule has 0 unspecified atom stereocenters. The first-order valence-corrected chi connectivity index (χ1v) is 4.08. The van der Waals surface area contributed by atoms with Crippen LogP contribution in [0.5, 0.6) is 0 Å². The molecule has 0 aliphatic heterocycles. The summed E-state index contributed by atoms with van der Waals surface area (Å²) in [5.74, 6) is 1.34. The van der Waals surface area contributed by atoms with Gasteiger partial charge in [0.2, 0.25) is 0 Å². The molecule has 14 heavy (non-hydrogen) atoms. The Balaban J connectivity index is 1.94. The van der Waals surface area contributed by atoms with Crippen molar-refractivity contribution in [1.82, 2.24) is 0 Å². The highest BCUT2D eigenvalue weighted by Crippen LogP contribution is 1.97. The van der Waals surface area contributed by atoms with Crippen molar-refractivity contribution in [3.63, 3.8) is 0 Å². The van der Waals surface area contributed by atoms with Gasteiger partial charge in [-0.05, 0) is 24.3 Å². The van der Waals surface area contributed by atoms with Crippen molar-refractivity contribution >= 4 is 12.4 Å². The van der Waals surface area contributed by atoms with Gasteiger partial charge in [0.1, 0.15) is 11.5 Å². The predicted octanol–water partition coefficient (Wildman–Crippen LogP) is 2.33. The molecule has 0 fully saturated rings. The molecule has 0 atom stereocenters. The molecule has 0 aliphatic carbocycles. The highest BCUT2D eigenvalue weighted by Gasteiger charge is 1.87. The smallest absolute Gasteiger partial charge is 0.146 e. The predicted molar refractivity (Wildman–Crippen MR) is 52.6 cm³/mol. The molecule has 0 aliphatic rings. The summed E-state index contributed by atoms with van der Waals surface area (Å²) in [6.07, 6.45) is 6.22. The Labute approximate surface area is 80.6 Å². The standard InChI is InChI=1S/C10H8N2O2/c1-3-9(13-5-1)7-11-12-8-10-4-2-6-14-10/h1-8H/b11-7-,12-8-. The van der Waals surface area contributed by atoms with E-state index in [1.807, 2.05) is 0 Å². The Morgan fingerprint density at radius 3 is 1.71 bits per heavy atom. The zero-order valence-corrected chi connectivity index (χ0v) is 7.33. The monoisotopic (exact) mass is 188 g/mol. The molecule has 4 nitrogen and oxygen atoms in total. The second-order valence-corrected chi connectivity index (χ2v) is 2.52. The third-order valence-corrected chi connectivity index (χ3v) is 1.52. The summed E-state index contributed by atoms with van der Waals surface area (Å²) < 4.78 is 10.0. The largest absolute Gasteiger partial charge is 0.463 e. The lowest BCUT2D eigenvalue weighted by atomic mass is 10.5. The maximum Gasteiger partial charge on any atom is 0.146 e. The van der Waals surface area contributed by atoms with Crippen molar-refractivity contribution < 1.29 is 8.83 Å². The fourth-order valence-electron chi connectivity index (χ4n) is 0.910. The van der Waals surface area contributed by atoms with Gasteiger partial charge in [-0.2, -0.15) is 10.2 Å². The van der Waals surface area contributed by atoms with Gasteiger partial charge in [-0.15, -0.1) is 0 Å². The van der Waals surface area contributed by atoms with Gasteiger partial charge in [-0.25, -0.2) is 0 Å². The zero-order chi connectivity index (χ0) is 9.64. The number of furan rings is 2. The lowest BCUT2D eigenvalue weighted by Gasteiger charge is -1.80. The topological polar surface area (TPSA) is 51.0 Å². The van der Waals surface area contributed by atoms with E-state index >= 15 is 0 Å². The summed E-state index contributed by atoms with van der Waals surface area (Å²) in [5, 5.41) is 7.56. The Bertz CT molecular complexity index is 371. The average molecular weight is 188 g/mol. The Kier molecular flexibility index (Phi) is 2.56. The van der Waals surface area contributed by atoms with Crippen LogP contribution in [0.2, 0.25) is 0 Å². The molecular formula is C10H8N2O2. The molecule has 0 spiro atoms. The Morgan fingerprint density at radius 1 is 0.857 bits per heavy atom. The Hall–Kier alpha value is -2.10. The van der Waals surface area contributed by atoms with Gasteiger partial charge in [0.05, 0.1) is 25.0 Å². The van der Waals surface area contributed by atoms with E-state index in [2.05, 4.69) is 10.2 Å². The van der Waals surface area contributed by atoms with Crippen LogP contribution in [0.1, 0.15) is 11.5 Å².